The van der Waals surface area contributed by atoms with Crippen molar-refractivity contribution in [2.75, 3.05) is 0 Å². The minimum atomic E-state index is 0.175. The molecule has 0 aliphatic heterocycles. The molecular weight excluding hydrogens is 280 g/mol. The van der Waals surface area contributed by atoms with Crippen LogP contribution in [-0.4, -0.2) is 10.5 Å². The number of halogens is 1. The molecule has 3 heteroatoms. The van der Waals surface area contributed by atoms with Crippen molar-refractivity contribution >= 4 is 26.4 Å². The fraction of sp³-hybridized carbons (Fsp3) is 0.538. The quantitative estimate of drug-likeness (QED) is 0.763. The lowest BCUT2D eigenvalue weighted by molar-refractivity contribution is 0.337. The summed E-state index contributed by atoms with van der Waals surface area (Å²) >= 11 is 3.69. The molecule has 0 saturated carbocycles. The highest BCUT2D eigenvalue weighted by molar-refractivity contribution is 9.10. The van der Waals surface area contributed by atoms with Crippen molar-refractivity contribution in [3.8, 4) is 0 Å². The third-order valence-corrected chi connectivity index (χ3v) is 3.92. The number of hydrogen-bond acceptors (Lipinski definition) is 1. The van der Waals surface area contributed by atoms with E-state index in [1.165, 1.54) is 26.7 Å². The van der Waals surface area contributed by atoms with Gasteiger partial charge in [-0.05, 0) is 47.6 Å². The number of benzene rings is 1. The second-order valence-electron chi connectivity index (χ2n) is 5.33. The first-order valence-electron chi connectivity index (χ1n) is 5.57. The fourth-order valence-electron chi connectivity index (χ4n) is 2.17. The van der Waals surface area contributed by atoms with Crippen molar-refractivity contribution in [2.24, 2.45) is 0 Å². The van der Waals surface area contributed by atoms with E-state index >= 15 is 0 Å². The monoisotopic (exact) mass is 300 g/mol. The Morgan fingerprint density at radius 2 is 1.81 bits per heavy atom. The molecule has 0 saturated heterocycles. The van der Waals surface area contributed by atoms with Gasteiger partial charge < -0.3 is 4.43 Å². The zero-order valence-electron chi connectivity index (χ0n) is 11.1. The molecule has 0 aliphatic rings. The molecule has 0 amide bonds. The van der Waals surface area contributed by atoms with Crippen molar-refractivity contribution < 1.29 is 4.43 Å². The minimum absolute atomic E-state index is 0.175. The van der Waals surface area contributed by atoms with Crippen LogP contribution in [0.5, 0.6) is 0 Å². The van der Waals surface area contributed by atoms with Gasteiger partial charge in [0, 0.05) is 4.47 Å². The largest absolute Gasteiger partial charge is 0.424 e. The second-order valence-corrected chi connectivity index (χ2v) is 6.76. The lowest BCUT2D eigenvalue weighted by Gasteiger charge is -2.26. The first-order chi connectivity index (χ1) is 7.29. The zero-order valence-corrected chi connectivity index (χ0v) is 14.7. The molecule has 1 aromatic carbocycles. The topological polar surface area (TPSA) is 9.23 Å². The molecule has 0 spiro atoms. The van der Waals surface area contributed by atoms with Gasteiger partial charge in [-0.2, -0.15) is 0 Å². The highest BCUT2D eigenvalue weighted by Gasteiger charge is 2.21. The van der Waals surface area contributed by atoms with Gasteiger partial charge in [0.15, 0.2) is 0 Å². The summed E-state index contributed by atoms with van der Waals surface area (Å²) in [7, 11) is 0.792. The predicted molar refractivity (Wildman–Crippen MR) is 77.0 cm³/mol. The summed E-state index contributed by atoms with van der Waals surface area (Å²) in [5.41, 5.74) is 5.63. The molecule has 0 N–H and O–H groups in total. The summed E-state index contributed by atoms with van der Waals surface area (Å²) in [5.74, 6) is 0. The Balaban J connectivity index is 3.40. The van der Waals surface area contributed by atoms with Crippen LogP contribution in [0.15, 0.2) is 10.5 Å². The van der Waals surface area contributed by atoms with Crippen LogP contribution < -0.4 is 0 Å². The molecule has 0 atom stereocenters. The SMILES string of the molecule is Cc1c(CO[SiH3])cc(Br)c(C(C)(C)C)c1C. The molecule has 0 bridgehead atoms. The number of rotatable bonds is 2. The number of hydrogen-bond donors (Lipinski definition) is 0. The summed E-state index contributed by atoms with van der Waals surface area (Å²) < 4.78 is 6.57. The van der Waals surface area contributed by atoms with Crippen molar-refractivity contribution in [2.45, 2.75) is 46.6 Å². The Morgan fingerprint density at radius 1 is 1.25 bits per heavy atom. The summed E-state index contributed by atoms with van der Waals surface area (Å²) in [4.78, 5) is 0. The van der Waals surface area contributed by atoms with E-state index in [2.05, 4.69) is 56.6 Å². The van der Waals surface area contributed by atoms with E-state index in [1.807, 2.05) is 0 Å². The van der Waals surface area contributed by atoms with Crippen molar-refractivity contribution in [1.82, 2.24) is 0 Å². The van der Waals surface area contributed by atoms with Crippen LogP contribution in [0, 0.1) is 13.8 Å². The van der Waals surface area contributed by atoms with Crippen LogP contribution in [0.25, 0.3) is 0 Å². The Labute approximate surface area is 110 Å². The third kappa shape index (κ3) is 2.76. The van der Waals surface area contributed by atoms with Crippen LogP contribution in [0.4, 0.5) is 0 Å². The highest BCUT2D eigenvalue weighted by Crippen LogP contribution is 2.35. The van der Waals surface area contributed by atoms with E-state index in [9.17, 15) is 0 Å². The molecule has 90 valence electrons. The van der Waals surface area contributed by atoms with Crippen molar-refractivity contribution in [1.29, 1.82) is 0 Å². The van der Waals surface area contributed by atoms with Crippen LogP contribution in [0.1, 0.15) is 43.0 Å². The van der Waals surface area contributed by atoms with Gasteiger partial charge in [0.1, 0.15) is 10.5 Å². The molecule has 1 nitrogen and oxygen atoms in total. The van der Waals surface area contributed by atoms with Crippen molar-refractivity contribution in [3.05, 3.63) is 32.8 Å². The molecule has 0 unspecified atom stereocenters. The van der Waals surface area contributed by atoms with Gasteiger partial charge in [0.25, 0.3) is 0 Å². The van der Waals surface area contributed by atoms with Gasteiger partial charge in [-0.1, -0.05) is 36.7 Å². The molecule has 0 aromatic heterocycles. The molecule has 0 aliphatic carbocycles. The smallest absolute Gasteiger partial charge is 0.146 e. The summed E-state index contributed by atoms with van der Waals surface area (Å²) in [6, 6.07) is 2.21. The van der Waals surface area contributed by atoms with Crippen LogP contribution in [0.3, 0.4) is 0 Å². The molecule has 16 heavy (non-hydrogen) atoms. The Kier molecular flexibility index (Phi) is 4.38. The van der Waals surface area contributed by atoms with E-state index in [0.717, 1.165) is 17.1 Å². The van der Waals surface area contributed by atoms with E-state index in [-0.39, 0.29) is 5.41 Å². The lowest BCUT2D eigenvalue weighted by Crippen LogP contribution is -2.16. The lowest BCUT2D eigenvalue weighted by atomic mass is 9.81. The normalized spacial score (nSPS) is 12.1. The fourth-order valence-corrected chi connectivity index (χ4v) is 3.65. The highest BCUT2D eigenvalue weighted by atomic mass is 79.9. The molecule has 1 aromatic rings. The van der Waals surface area contributed by atoms with Gasteiger partial charge >= 0.3 is 0 Å². The predicted octanol–water partition coefficient (Wildman–Crippen LogP) is 3.16. The first-order valence-corrected chi connectivity index (χ1v) is 7.18. The van der Waals surface area contributed by atoms with E-state index in [0.29, 0.717) is 0 Å². The second kappa shape index (κ2) is 5.03. The maximum atomic E-state index is 5.36. The summed E-state index contributed by atoms with van der Waals surface area (Å²) in [5, 5.41) is 0. The third-order valence-electron chi connectivity index (χ3n) is 3.01. The van der Waals surface area contributed by atoms with Gasteiger partial charge in [0.2, 0.25) is 0 Å². The van der Waals surface area contributed by atoms with Crippen LogP contribution in [0.2, 0.25) is 0 Å². The van der Waals surface area contributed by atoms with E-state index in [4.69, 9.17) is 4.43 Å². The summed E-state index contributed by atoms with van der Waals surface area (Å²) in [6.45, 7) is 11.9. The molecule has 0 radical (unpaired) electrons. The van der Waals surface area contributed by atoms with Crippen molar-refractivity contribution in [3.63, 3.8) is 0 Å². The molecular formula is C13H21BrOSi. The van der Waals surface area contributed by atoms with E-state index < -0.39 is 0 Å². The van der Waals surface area contributed by atoms with Gasteiger partial charge in [-0.3, -0.25) is 0 Å². The first kappa shape index (κ1) is 13.9. The molecule has 0 heterocycles. The zero-order chi connectivity index (χ0) is 12.5. The van der Waals surface area contributed by atoms with E-state index in [1.54, 1.807) is 0 Å². The summed E-state index contributed by atoms with van der Waals surface area (Å²) in [6.07, 6.45) is 0. The maximum Gasteiger partial charge on any atom is 0.146 e. The molecule has 0 fully saturated rings. The average molecular weight is 301 g/mol. The van der Waals surface area contributed by atoms with Gasteiger partial charge in [-0.15, -0.1) is 0 Å². The van der Waals surface area contributed by atoms with Gasteiger partial charge in [-0.25, -0.2) is 0 Å². The van der Waals surface area contributed by atoms with Crippen LogP contribution in [-0.2, 0) is 16.4 Å². The Morgan fingerprint density at radius 3 is 2.25 bits per heavy atom. The van der Waals surface area contributed by atoms with Crippen LogP contribution >= 0.6 is 15.9 Å². The maximum absolute atomic E-state index is 5.36. The van der Waals surface area contributed by atoms with Gasteiger partial charge in [0.05, 0.1) is 6.61 Å². The average Bonchev–Trinajstić information content (AvgIpc) is 2.12. The Hall–Kier alpha value is -0.123. The molecule has 1 rings (SSSR count). The standard InChI is InChI=1S/C13H21BrOSi/c1-8-9(2)12(13(3,4)5)11(14)6-10(8)7-15-16/h6H,7H2,1-5,16H3. The minimum Gasteiger partial charge on any atom is -0.424 e. The Bertz CT molecular complexity index is 394.